The van der Waals surface area contributed by atoms with Crippen LogP contribution >= 0.6 is 11.3 Å². The van der Waals surface area contributed by atoms with E-state index in [1.54, 1.807) is 0 Å². The van der Waals surface area contributed by atoms with Gasteiger partial charge in [-0.1, -0.05) is 36.4 Å². The number of nitrogens with one attached hydrogen (secondary N) is 2. The highest BCUT2D eigenvalue weighted by atomic mass is 32.1. The van der Waals surface area contributed by atoms with Crippen molar-refractivity contribution in [3.05, 3.63) is 83.4 Å². The van der Waals surface area contributed by atoms with Crippen molar-refractivity contribution >= 4 is 49.9 Å². The first-order valence-corrected chi connectivity index (χ1v) is 10.4. The summed E-state index contributed by atoms with van der Waals surface area (Å²) in [6, 6.07) is 23.2. The summed E-state index contributed by atoms with van der Waals surface area (Å²) < 4.78 is 5.85. The van der Waals surface area contributed by atoms with Crippen LogP contribution in [0.15, 0.2) is 72.8 Å². The number of thiophene rings is 1. The van der Waals surface area contributed by atoms with Crippen molar-refractivity contribution in [2.75, 3.05) is 12.4 Å². The van der Waals surface area contributed by atoms with E-state index in [1.165, 1.54) is 18.4 Å². The highest BCUT2D eigenvalue weighted by molar-refractivity contribution is 7.20. The van der Waals surface area contributed by atoms with Gasteiger partial charge < -0.3 is 10.1 Å². The molecule has 0 fully saturated rings. The van der Waals surface area contributed by atoms with Crippen LogP contribution in [0.2, 0.25) is 0 Å². The molecule has 2 N–H and O–H groups in total. The van der Waals surface area contributed by atoms with E-state index in [0.29, 0.717) is 10.3 Å². The number of carbonyl (C=O) groups is 2. The molecule has 3 aromatic carbocycles. The molecule has 5 aromatic rings. The van der Waals surface area contributed by atoms with E-state index in [4.69, 9.17) is 4.74 Å². The number of nitrogens with zero attached hydrogens (tertiary/aromatic N) is 1. The molecular weight excluding hydrogens is 410 g/mol. The van der Waals surface area contributed by atoms with E-state index < -0.39 is 5.97 Å². The average Bonchev–Trinajstić information content (AvgIpc) is 3.43. The fraction of sp³-hybridized carbons (Fsp3) is 0.0417. The molecule has 1 amide bonds. The number of amides is 1. The van der Waals surface area contributed by atoms with Crippen LogP contribution in [0.5, 0.6) is 0 Å². The Morgan fingerprint density at radius 1 is 0.968 bits per heavy atom. The van der Waals surface area contributed by atoms with E-state index in [0.717, 1.165) is 32.4 Å². The van der Waals surface area contributed by atoms with Crippen LogP contribution in [-0.4, -0.2) is 29.2 Å². The number of fused-ring (bicyclic) bond motifs is 2. The molecule has 7 heteroatoms. The minimum Gasteiger partial charge on any atom is -0.464 e. The van der Waals surface area contributed by atoms with Crippen LogP contribution in [0.4, 0.5) is 5.69 Å². The molecule has 0 bridgehead atoms. The lowest BCUT2D eigenvalue weighted by atomic mass is 10.0. The van der Waals surface area contributed by atoms with E-state index in [1.807, 2.05) is 72.8 Å². The molecule has 0 aliphatic carbocycles. The van der Waals surface area contributed by atoms with Gasteiger partial charge in [-0.3, -0.25) is 9.89 Å². The first-order valence-electron chi connectivity index (χ1n) is 9.59. The van der Waals surface area contributed by atoms with Crippen LogP contribution < -0.4 is 5.32 Å². The van der Waals surface area contributed by atoms with Gasteiger partial charge in [0.15, 0.2) is 5.69 Å². The monoisotopic (exact) mass is 427 g/mol. The SMILES string of the molecule is COC(=O)c1n[nH]c2cc(-c3ccc(NC(=O)c4cc5ccccc5s4)cc3)ccc12. The topological polar surface area (TPSA) is 84.1 Å². The molecule has 0 aliphatic rings. The summed E-state index contributed by atoms with van der Waals surface area (Å²) in [4.78, 5) is 25.1. The number of carbonyl (C=O) groups excluding carboxylic acids is 2. The maximum absolute atomic E-state index is 12.6. The predicted octanol–water partition coefficient (Wildman–Crippen LogP) is 5.48. The normalized spacial score (nSPS) is 11.0. The van der Waals surface area contributed by atoms with Crippen molar-refractivity contribution in [3.63, 3.8) is 0 Å². The highest BCUT2D eigenvalue weighted by Crippen LogP contribution is 2.28. The third kappa shape index (κ3) is 3.55. The van der Waals surface area contributed by atoms with Gasteiger partial charge in [0.25, 0.3) is 5.91 Å². The number of methoxy groups -OCH3 is 1. The molecule has 0 saturated carbocycles. The number of ether oxygens (including phenoxy) is 1. The Kier molecular flexibility index (Phi) is 4.72. The third-order valence-electron chi connectivity index (χ3n) is 5.07. The summed E-state index contributed by atoms with van der Waals surface area (Å²) in [7, 11) is 1.33. The molecule has 0 unspecified atom stereocenters. The van der Waals surface area contributed by atoms with E-state index in [9.17, 15) is 9.59 Å². The second-order valence-corrected chi connectivity index (χ2v) is 8.09. The lowest BCUT2D eigenvalue weighted by Gasteiger charge is -2.06. The number of aromatic amines is 1. The Hall–Kier alpha value is -3.97. The van der Waals surface area contributed by atoms with Crippen LogP contribution in [0.25, 0.3) is 32.1 Å². The van der Waals surface area contributed by atoms with Crippen molar-refractivity contribution in [2.24, 2.45) is 0 Å². The van der Waals surface area contributed by atoms with Crippen molar-refractivity contribution in [2.45, 2.75) is 0 Å². The largest absolute Gasteiger partial charge is 0.464 e. The Morgan fingerprint density at radius 2 is 1.74 bits per heavy atom. The smallest absolute Gasteiger partial charge is 0.359 e. The zero-order chi connectivity index (χ0) is 21.4. The molecule has 0 aliphatic heterocycles. The van der Waals surface area contributed by atoms with Crippen molar-refractivity contribution in [1.29, 1.82) is 0 Å². The van der Waals surface area contributed by atoms with Crippen LogP contribution in [0, 0.1) is 0 Å². The maximum atomic E-state index is 12.6. The second kappa shape index (κ2) is 7.70. The highest BCUT2D eigenvalue weighted by Gasteiger charge is 2.15. The number of benzene rings is 3. The minimum atomic E-state index is -0.474. The summed E-state index contributed by atoms with van der Waals surface area (Å²) in [5, 5.41) is 11.7. The number of rotatable bonds is 4. The lowest BCUT2D eigenvalue weighted by molar-refractivity contribution is 0.0596. The van der Waals surface area contributed by atoms with Gasteiger partial charge >= 0.3 is 5.97 Å². The molecule has 2 heterocycles. The number of hydrogen-bond acceptors (Lipinski definition) is 5. The number of anilines is 1. The molecule has 0 atom stereocenters. The molecule has 2 aromatic heterocycles. The fourth-order valence-corrected chi connectivity index (χ4v) is 4.44. The summed E-state index contributed by atoms with van der Waals surface area (Å²) in [6.07, 6.45) is 0. The second-order valence-electron chi connectivity index (χ2n) is 7.00. The fourth-order valence-electron chi connectivity index (χ4n) is 3.48. The van der Waals surface area contributed by atoms with Gasteiger partial charge in [0.05, 0.1) is 17.5 Å². The van der Waals surface area contributed by atoms with Crippen LogP contribution in [-0.2, 0) is 4.74 Å². The summed E-state index contributed by atoms with van der Waals surface area (Å²) in [6.45, 7) is 0. The lowest BCUT2D eigenvalue weighted by Crippen LogP contribution is -2.09. The van der Waals surface area contributed by atoms with Gasteiger partial charge in [-0.25, -0.2) is 4.79 Å². The molecule has 6 nitrogen and oxygen atoms in total. The summed E-state index contributed by atoms with van der Waals surface area (Å²) in [5.74, 6) is -0.596. The van der Waals surface area contributed by atoms with Crippen molar-refractivity contribution in [3.8, 4) is 11.1 Å². The molecule has 0 radical (unpaired) electrons. The Balaban J connectivity index is 1.36. The van der Waals surface area contributed by atoms with E-state index >= 15 is 0 Å². The Bertz CT molecular complexity index is 1400. The molecule has 152 valence electrons. The molecule has 5 rings (SSSR count). The zero-order valence-electron chi connectivity index (χ0n) is 16.5. The van der Waals surface area contributed by atoms with Crippen LogP contribution in [0.1, 0.15) is 20.2 Å². The number of H-pyrrole nitrogens is 1. The molecular formula is C24H17N3O3S. The average molecular weight is 427 g/mol. The van der Waals surface area contributed by atoms with Crippen molar-refractivity contribution in [1.82, 2.24) is 10.2 Å². The first kappa shape index (κ1) is 19.0. The van der Waals surface area contributed by atoms with E-state index in [2.05, 4.69) is 15.5 Å². The molecule has 0 spiro atoms. The van der Waals surface area contributed by atoms with Crippen LogP contribution in [0.3, 0.4) is 0 Å². The Labute approximate surface area is 181 Å². The predicted molar refractivity (Wildman–Crippen MR) is 123 cm³/mol. The van der Waals surface area contributed by atoms with E-state index in [-0.39, 0.29) is 11.6 Å². The Morgan fingerprint density at radius 3 is 2.52 bits per heavy atom. The standard InChI is InChI=1S/C24H17N3O3S/c1-30-24(29)22-18-11-8-15(12-19(18)26-27-22)14-6-9-17(10-7-14)25-23(28)21-13-16-4-2-3-5-20(16)31-21/h2-13H,1H3,(H,25,28)(H,26,27). The zero-order valence-corrected chi connectivity index (χ0v) is 17.3. The number of hydrogen-bond donors (Lipinski definition) is 2. The van der Waals surface area contributed by atoms with Crippen molar-refractivity contribution < 1.29 is 14.3 Å². The molecule has 0 saturated heterocycles. The van der Waals surface area contributed by atoms with Gasteiger partial charge in [-0.05, 0) is 52.9 Å². The molecule has 31 heavy (non-hydrogen) atoms. The quantitative estimate of drug-likeness (QED) is 0.372. The first-order chi connectivity index (χ1) is 15.1. The number of aromatic nitrogens is 2. The number of esters is 1. The summed E-state index contributed by atoms with van der Waals surface area (Å²) >= 11 is 1.48. The van der Waals surface area contributed by atoms with Gasteiger partial charge in [0.1, 0.15) is 0 Å². The van der Waals surface area contributed by atoms with Gasteiger partial charge in [0, 0.05) is 15.8 Å². The van der Waals surface area contributed by atoms with Gasteiger partial charge in [0.2, 0.25) is 0 Å². The minimum absolute atomic E-state index is 0.122. The summed E-state index contributed by atoms with van der Waals surface area (Å²) in [5.41, 5.74) is 3.69. The van der Waals surface area contributed by atoms with Gasteiger partial charge in [-0.15, -0.1) is 11.3 Å². The maximum Gasteiger partial charge on any atom is 0.359 e. The van der Waals surface area contributed by atoms with Gasteiger partial charge in [-0.2, -0.15) is 5.10 Å². The third-order valence-corrected chi connectivity index (χ3v) is 6.18.